The van der Waals surface area contributed by atoms with Crippen LogP contribution in [-0.4, -0.2) is 24.7 Å². The van der Waals surface area contributed by atoms with Crippen LogP contribution in [0.25, 0.3) is 11.6 Å². The van der Waals surface area contributed by atoms with Crippen LogP contribution in [0, 0.1) is 0 Å². The number of methoxy groups -OCH3 is 1. The number of halogens is 2. The van der Waals surface area contributed by atoms with E-state index in [1.54, 1.807) is 94.6 Å². The highest BCUT2D eigenvalue weighted by atomic mass is 35.5. The molecule has 0 spiro atoms. The van der Waals surface area contributed by atoms with Crippen LogP contribution < -0.4 is 14.4 Å². The van der Waals surface area contributed by atoms with Gasteiger partial charge in [-0.05, 0) is 81.4 Å². The number of rotatable bonds is 4. The Morgan fingerprint density at radius 2 is 1.54 bits per heavy atom. The molecule has 0 aliphatic carbocycles. The molecule has 3 aromatic rings. The number of imide groups is 1. The van der Waals surface area contributed by atoms with E-state index in [1.807, 2.05) is 0 Å². The van der Waals surface area contributed by atoms with E-state index in [0.717, 1.165) is 4.90 Å². The highest BCUT2D eigenvalue weighted by Gasteiger charge is 2.39. The fourth-order valence-corrected chi connectivity index (χ4v) is 3.89. The molecule has 0 radical (unpaired) electrons. The third-order valence-electron chi connectivity index (χ3n) is 5.06. The molecule has 35 heavy (non-hydrogen) atoms. The van der Waals surface area contributed by atoms with Gasteiger partial charge >= 0.3 is 6.09 Å². The number of anilines is 1. The molecule has 180 valence electrons. The van der Waals surface area contributed by atoms with Gasteiger partial charge in [-0.2, -0.15) is 0 Å². The molecule has 1 aliphatic heterocycles. The lowest BCUT2D eigenvalue weighted by molar-refractivity contribution is -0.112. The first-order valence-electron chi connectivity index (χ1n) is 10.8. The van der Waals surface area contributed by atoms with Crippen molar-refractivity contribution in [3.63, 3.8) is 0 Å². The Morgan fingerprint density at radius 3 is 2.20 bits per heavy atom. The molecule has 4 rings (SSSR count). The second kappa shape index (κ2) is 9.64. The minimum atomic E-state index is -0.783. The minimum Gasteiger partial charge on any atom is -0.497 e. The van der Waals surface area contributed by atoms with Crippen LogP contribution in [0.2, 0.25) is 10.0 Å². The minimum absolute atomic E-state index is 0.282. The summed E-state index contributed by atoms with van der Waals surface area (Å²) < 4.78 is 16.7. The SMILES string of the molecule is COc1ccc(Oc2ccc(Cl)cc2/C=C2\C(=O)N(C(=O)OC(C)(C)C)c3cc(Cl)ccc32)cc1. The smallest absolute Gasteiger partial charge is 0.422 e. The Kier molecular flexibility index (Phi) is 6.79. The van der Waals surface area contributed by atoms with Gasteiger partial charge in [0.05, 0.1) is 18.4 Å². The first-order valence-corrected chi connectivity index (χ1v) is 11.5. The van der Waals surface area contributed by atoms with Crippen LogP contribution >= 0.6 is 23.2 Å². The second-order valence-corrected chi connectivity index (χ2v) is 9.67. The van der Waals surface area contributed by atoms with E-state index in [0.29, 0.717) is 44.1 Å². The van der Waals surface area contributed by atoms with Crippen molar-refractivity contribution in [2.75, 3.05) is 12.0 Å². The van der Waals surface area contributed by atoms with Crippen molar-refractivity contribution in [1.29, 1.82) is 0 Å². The van der Waals surface area contributed by atoms with Crippen molar-refractivity contribution in [1.82, 2.24) is 0 Å². The summed E-state index contributed by atoms with van der Waals surface area (Å²) in [5, 5.41) is 0.849. The molecule has 1 aliphatic rings. The molecule has 0 fully saturated rings. The van der Waals surface area contributed by atoms with E-state index in [2.05, 4.69) is 0 Å². The van der Waals surface area contributed by atoms with E-state index in [-0.39, 0.29) is 5.57 Å². The highest BCUT2D eigenvalue weighted by molar-refractivity contribution is 6.42. The summed E-state index contributed by atoms with van der Waals surface area (Å²) in [6, 6.07) is 17.1. The zero-order valence-corrected chi connectivity index (χ0v) is 21.1. The summed E-state index contributed by atoms with van der Waals surface area (Å²) >= 11 is 12.4. The second-order valence-electron chi connectivity index (χ2n) is 8.80. The number of carbonyl (C=O) groups is 2. The van der Waals surface area contributed by atoms with E-state index < -0.39 is 17.6 Å². The van der Waals surface area contributed by atoms with Gasteiger partial charge in [-0.15, -0.1) is 0 Å². The molecule has 0 N–H and O–H groups in total. The van der Waals surface area contributed by atoms with Crippen molar-refractivity contribution >= 4 is 52.5 Å². The highest BCUT2D eigenvalue weighted by Crippen LogP contribution is 2.41. The first-order chi connectivity index (χ1) is 16.6. The predicted molar refractivity (Wildman–Crippen MR) is 138 cm³/mol. The molecule has 1 heterocycles. The number of fused-ring (bicyclic) bond motifs is 1. The quantitative estimate of drug-likeness (QED) is 0.337. The summed E-state index contributed by atoms with van der Waals surface area (Å²) in [5.41, 5.74) is 0.950. The van der Waals surface area contributed by atoms with Crippen LogP contribution in [0.3, 0.4) is 0 Å². The van der Waals surface area contributed by atoms with Gasteiger partial charge in [0, 0.05) is 21.2 Å². The summed E-state index contributed by atoms with van der Waals surface area (Å²) in [4.78, 5) is 27.4. The Morgan fingerprint density at radius 1 is 0.914 bits per heavy atom. The maximum absolute atomic E-state index is 13.5. The molecule has 6 nitrogen and oxygen atoms in total. The number of amides is 2. The number of hydrogen-bond donors (Lipinski definition) is 0. The van der Waals surface area contributed by atoms with Gasteiger partial charge in [-0.25, -0.2) is 9.69 Å². The molecular formula is C27H23Cl2NO5. The predicted octanol–water partition coefficient (Wildman–Crippen LogP) is 7.62. The van der Waals surface area contributed by atoms with Crippen LogP contribution in [0.4, 0.5) is 10.5 Å². The van der Waals surface area contributed by atoms with Gasteiger partial charge in [0.15, 0.2) is 0 Å². The molecular weight excluding hydrogens is 489 g/mol. The van der Waals surface area contributed by atoms with E-state index in [4.69, 9.17) is 37.4 Å². The van der Waals surface area contributed by atoms with Gasteiger partial charge in [-0.3, -0.25) is 4.79 Å². The monoisotopic (exact) mass is 511 g/mol. The maximum Gasteiger partial charge on any atom is 0.422 e. The van der Waals surface area contributed by atoms with Gasteiger partial charge in [0.1, 0.15) is 22.8 Å². The van der Waals surface area contributed by atoms with Gasteiger partial charge in [0.2, 0.25) is 0 Å². The Bertz CT molecular complexity index is 1330. The lowest BCUT2D eigenvalue weighted by Crippen LogP contribution is -2.38. The Balaban J connectivity index is 1.77. The molecule has 0 aromatic heterocycles. The van der Waals surface area contributed by atoms with Crippen molar-refractivity contribution in [2.45, 2.75) is 26.4 Å². The number of ether oxygens (including phenoxy) is 3. The summed E-state index contributed by atoms with van der Waals surface area (Å²) in [5.74, 6) is 1.22. The van der Waals surface area contributed by atoms with Crippen molar-refractivity contribution in [2.24, 2.45) is 0 Å². The third-order valence-corrected chi connectivity index (χ3v) is 5.53. The number of nitrogens with zero attached hydrogens (tertiary/aromatic N) is 1. The maximum atomic E-state index is 13.5. The average molecular weight is 512 g/mol. The van der Waals surface area contributed by atoms with Crippen molar-refractivity contribution < 1.29 is 23.8 Å². The van der Waals surface area contributed by atoms with E-state index in [1.165, 1.54) is 0 Å². The largest absolute Gasteiger partial charge is 0.497 e. The Labute approximate surface area is 213 Å². The zero-order valence-electron chi connectivity index (χ0n) is 19.6. The molecule has 8 heteroatoms. The topological polar surface area (TPSA) is 65.1 Å². The standard InChI is InChI=1S/C27H23Cl2NO5/c1-27(2,3)35-26(32)30-23-15-18(29)5-11-21(23)22(25(30)31)14-16-13-17(28)6-12-24(16)34-20-9-7-19(33-4)8-10-20/h5-15H,1-4H3/b22-14-. The first kappa shape index (κ1) is 24.6. The Hall–Kier alpha value is -3.48. The molecule has 0 bridgehead atoms. The van der Waals surface area contributed by atoms with Crippen LogP contribution in [0.5, 0.6) is 17.2 Å². The van der Waals surface area contributed by atoms with E-state index in [9.17, 15) is 9.59 Å². The molecule has 0 unspecified atom stereocenters. The lowest BCUT2D eigenvalue weighted by Gasteiger charge is -2.23. The van der Waals surface area contributed by atoms with Crippen LogP contribution in [-0.2, 0) is 9.53 Å². The molecule has 0 saturated carbocycles. The fourth-order valence-electron chi connectivity index (χ4n) is 3.54. The van der Waals surface area contributed by atoms with Gasteiger partial charge < -0.3 is 14.2 Å². The van der Waals surface area contributed by atoms with Crippen molar-refractivity contribution in [3.05, 3.63) is 81.8 Å². The van der Waals surface area contributed by atoms with E-state index >= 15 is 0 Å². The van der Waals surface area contributed by atoms with Crippen molar-refractivity contribution in [3.8, 4) is 17.2 Å². The number of carbonyl (C=O) groups excluding carboxylic acids is 2. The molecule has 0 saturated heterocycles. The molecule has 0 atom stereocenters. The summed E-state index contributed by atoms with van der Waals surface area (Å²) in [6.07, 6.45) is 0.861. The molecule has 3 aromatic carbocycles. The summed E-state index contributed by atoms with van der Waals surface area (Å²) in [7, 11) is 1.59. The van der Waals surface area contributed by atoms with Gasteiger partial charge in [0.25, 0.3) is 5.91 Å². The average Bonchev–Trinajstić information content (AvgIpc) is 3.05. The lowest BCUT2D eigenvalue weighted by atomic mass is 10.0. The normalized spacial score (nSPS) is 14.2. The number of hydrogen-bond acceptors (Lipinski definition) is 5. The van der Waals surface area contributed by atoms with Gasteiger partial charge in [-0.1, -0.05) is 29.3 Å². The van der Waals surface area contributed by atoms with Crippen LogP contribution in [0.15, 0.2) is 60.7 Å². The summed E-state index contributed by atoms with van der Waals surface area (Å²) in [6.45, 7) is 5.20. The fraction of sp³-hybridized carbons (Fsp3) is 0.185. The molecule has 2 amide bonds. The third kappa shape index (κ3) is 5.45. The zero-order chi connectivity index (χ0) is 25.3. The van der Waals surface area contributed by atoms with Crippen LogP contribution in [0.1, 0.15) is 31.9 Å². The number of benzene rings is 3.